The summed E-state index contributed by atoms with van der Waals surface area (Å²) in [6.45, 7) is 5.65. The fourth-order valence-corrected chi connectivity index (χ4v) is 3.57. The summed E-state index contributed by atoms with van der Waals surface area (Å²) in [5.74, 6) is 2.30. The standard InChI is InChI=1S/C19H32N4O4S.HI/c1-5-20-19(21-7-9-28(4,24)25)22-16-6-8-23(14-16)13-15-10-17(26-2)12-18(11-15)27-3;/h10-12,16H,5-9,13-14H2,1-4H3,(H2,20,21,22);1H. The predicted octanol–water partition coefficient (Wildman–Crippen LogP) is 1.50. The van der Waals surface area contributed by atoms with Crippen LogP contribution < -0.4 is 20.1 Å². The highest BCUT2D eigenvalue weighted by Crippen LogP contribution is 2.24. The number of hydrogen-bond acceptors (Lipinski definition) is 6. The van der Waals surface area contributed by atoms with Crippen LogP contribution in [-0.2, 0) is 16.4 Å². The van der Waals surface area contributed by atoms with Crippen LogP contribution in [0, 0.1) is 0 Å². The van der Waals surface area contributed by atoms with Crippen LogP contribution in [0.1, 0.15) is 18.9 Å². The van der Waals surface area contributed by atoms with Gasteiger partial charge in [-0.3, -0.25) is 9.89 Å². The summed E-state index contributed by atoms with van der Waals surface area (Å²) in [4.78, 5) is 6.75. The molecule has 0 saturated carbocycles. The number of halogens is 1. The van der Waals surface area contributed by atoms with E-state index in [9.17, 15) is 8.42 Å². The normalized spacial score (nSPS) is 17.5. The van der Waals surface area contributed by atoms with Gasteiger partial charge in [-0.2, -0.15) is 0 Å². The number of rotatable bonds is 9. The van der Waals surface area contributed by atoms with Crippen LogP contribution in [0.25, 0.3) is 0 Å². The number of sulfone groups is 1. The van der Waals surface area contributed by atoms with Crippen molar-refractivity contribution in [2.24, 2.45) is 4.99 Å². The van der Waals surface area contributed by atoms with Gasteiger partial charge in [-0.15, -0.1) is 24.0 Å². The fraction of sp³-hybridized carbons (Fsp3) is 0.632. The van der Waals surface area contributed by atoms with E-state index in [2.05, 4.69) is 20.5 Å². The van der Waals surface area contributed by atoms with Gasteiger partial charge in [0.15, 0.2) is 5.96 Å². The Morgan fingerprint density at radius 2 is 1.90 bits per heavy atom. The van der Waals surface area contributed by atoms with Gasteiger partial charge in [-0.1, -0.05) is 0 Å². The van der Waals surface area contributed by atoms with E-state index >= 15 is 0 Å². The Morgan fingerprint density at radius 3 is 2.45 bits per heavy atom. The maximum absolute atomic E-state index is 11.3. The Labute approximate surface area is 191 Å². The largest absolute Gasteiger partial charge is 0.497 e. The van der Waals surface area contributed by atoms with Gasteiger partial charge < -0.3 is 20.1 Å². The molecule has 166 valence electrons. The van der Waals surface area contributed by atoms with Gasteiger partial charge in [0.05, 0.1) is 26.5 Å². The van der Waals surface area contributed by atoms with Crippen molar-refractivity contribution in [3.8, 4) is 11.5 Å². The maximum atomic E-state index is 11.3. The third kappa shape index (κ3) is 9.39. The molecular weight excluding hydrogens is 507 g/mol. The molecule has 1 fully saturated rings. The van der Waals surface area contributed by atoms with Gasteiger partial charge in [0, 0.05) is 44.5 Å². The van der Waals surface area contributed by atoms with Crippen LogP contribution in [0.3, 0.4) is 0 Å². The minimum absolute atomic E-state index is 0. The van der Waals surface area contributed by atoms with E-state index in [1.54, 1.807) is 14.2 Å². The smallest absolute Gasteiger partial charge is 0.191 e. The van der Waals surface area contributed by atoms with Crippen LogP contribution in [0.4, 0.5) is 0 Å². The first kappa shape index (κ1) is 25.8. The van der Waals surface area contributed by atoms with Crippen molar-refractivity contribution < 1.29 is 17.9 Å². The summed E-state index contributed by atoms with van der Waals surface area (Å²) in [5.41, 5.74) is 1.14. The SMILES string of the molecule is CCNC(=NCCS(C)(=O)=O)NC1CCN(Cc2cc(OC)cc(OC)c2)C1.I. The number of methoxy groups -OCH3 is 2. The number of ether oxygens (including phenoxy) is 2. The van der Waals surface area contributed by atoms with E-state index in [1.807, 2.05) is 25.1 Å². The van der Waals surface area contributed by atoms with Crippen molar-refractivity contribution >= 4 is 39.8 Å². The lowest BCUT2D eigenvalue weighted by Crippen LogP contribution is -2.44. The van der Waals surface area contributed by atoms with Gasteiger partial charge in [-0.05, 0) is 31.0 Å². The topological polar surface area (TPSA) is 92.3 Å². The molecule has 1 unspecified atom stereocenters. The lowest BCUT2D eigenvalue weighted by molar-refractivity contribution is 0.321. The molecule has 0 aromatic heterocycles. The Morgan fingerprint density at radius 1 is 1.24 bits per heavy atom. The fourth-order valence-electron chi connectivity index (χ4n) is 3.15. The van der Waals surface area contributed by atoms with Crippen molar-refractivity contribution in [3.63, 3.8) is 0 Å². The summed E-state index contributed by atoms with van der Waals surface area (Å²) in [6, 6.07) is 6.19. The Balaban J connectivity index is 0.00000420. The highest BCUT2D eigenvalue weighted by molar-refractivity contribution is 14.0. The van der Waals surface area contributed by atoms with Crippen LogP contribution in [0.5, 0.6) is 11.5 Å². The van der Waals surface area contributed by atoms with Crippen LogP contribution in [-0.4, -0.2) is 77.7 Å². The molecule has 8 nitrogen and oxygen atoms in total. The molecule has 0 spiro atoms. The van der Waals surface area contributed by atoms with E-state index in [-0.39, 0.29) is 42.3 Å². The van der Waals surface area contributed by atoms with E-state index in [4.69, 9.17) is 9.47 Å². The minimum Gasteiger partial charge on any atom is -0.497 e. The Bertz CT molecular complexity index is 751. The first-order valence-electron chi connectivity index (χ1n) is 9.49. The van der Waals surface area contributed by atoms with Gasteiger partial charge in [-0.25, -0.2) is 8.42 Å². The average Bonchev–Trinajstić information content (AvgIpc) is 3.07. The molecule has 1 atom stereocenters. The zero-order valence-corrected chi connectivity index (χ0v) is 20.7. The zero-order valence-electron chi connectivity index (χ0n) is 17.6. The third-order valence-electron chi connectivity index (χ3n) is 4.51. The number of benzene rings is 1. The van der Waals surface area contributed by atoms with Crippen molar-refractivity contribution in [3.05, 3.63) is 23.8 Å². The molecule has 2 N–H and O–H groups in total. The monoisotopic (exact) mass is 540 g/mol. The van der Waals surface area contributed by atoms with Crippen LogP contribution in [0.2, 0.25) is 0 Å². The summed E-state index contributed by atoms with van der Waals surface area (Å²) in [7, 11) is 0.297. The van der Waals surface area contributed by atoms with Crippen LogP contribution >= 0.6 is 24.0 Å². The first-order chi connectivity index (χ1) is 13.3. The molecule has 0 bridgehead atoms. The second-order valence-electron chi connectivity index (χ2n) is 6.98. The molecule has 0 radical (unpaired) electrons. The molecule has 1 heterocycles. The number of guanidine groups is 1. The molecule has 10 heteroatoms. The molecule has 0 amide bonds. The minimum atomic E-state index is -3.01. The molecule has 1 saturated heterocycles. The van der Waals surface area contributed by atoms with Gasteiger partial charge >= 0.3 is 0 Å². The van der Waals surface area contributed by atoms with E-state index in [0.717, 1.165) is 49.7 Å². The number of nitrogens with zero attached hydrogens (tertiary/aromatic N) is 2. The summed E-state index contributed by atoms with van der Waals surface area (Å²) >= 11 is 0. The van der Waals surface area contributed by atoms with Crippen molar-refractivity contribution in [1.82, 2.24) is 15.5 Å². The predicted molar refractivity (Wildman–Crippen MR) is 127 cm³/mol. The molecule has 0 aliphatic carbocycles. The second-order valence-corrected chi connectivity index (χ2v) is 9.24. The average molecular weight is 540 g/mol. The molecule has 29 heavy (non-hydrogen) atoms. The Hall–Kier alpha value is -1.27. The van der Waals surface area contributed by atoms with Gasteiger partial charge in [0.2, 0.25) is 0 Å². The highest BCUT2D eigenvalue weighted by Gasteiger charge is 2.23. The van der Waals surface area contributed by atoms with Crippen LogP contribution in [0.15, 0.2) is 23.2 Å². The third-order valence-corrected chi connectivity index (χ3v) is 5.43. The Kier molecular flexibility index (Phi) is 11.0. The van der Waals surface area contributed by atoms with Crippen molar-refractivity contribution in [2.45, 2.75) is 25.9 Å². The van der Waals surface area contributed by atoms with Gasteiger partial charge in [0.1, 0.15) is 21.3 Å². The number of hydrogen-bond donors (Lipinski definition) is 2. The molecule has 2 rings (SSSR count). The van der Waals surface area contributed by atoms with E-state index < -0.39 is 9.84 Å². The van der Waals surface area contributed by atoms with E-state index in [0.29, 0.717) is 5.96 Å². The lowest BCUT2D eigenvalue weighted by Gasteiger charge is -2.19. The number of likely N-dealkylation sites (tertiary alicyclic amines) is 1. The quantitative estimate of drug-likeness (QED) is 0.279. The molecular formula is C19H33IN4O4S. The lowest BCUT2D eigenvalue weighted by atomic mass is 10.2. The highest BCUT2D eigenvalue weighted by atomic mass is 127. The molecule has 1 aromatic carbocycles. The molecule has 1 aliphatic heterocycles. The number of nitrogens with one attached hydrogen (secondary N) is 2. The molecule has 1 aliphatic rings. The van der Waals surface area contributed by atoms with E-state index in [1.165, 1.54) is 6.26 Å². The summed E-state index contributed by atoms with van der Waals surface area (Å²) in [6.07, 6.45) is 2.23. The summed E-state index contributed by atoms with van der Waals surface area (Å²) < 4.78 is 33.3. The van der Waals surface area contributed by atoms with Gasteiger partial charge in [0.25, 0.3) is 0 Å². The zero-order chi connectivity index (χ0) is 20.6. The summed E-state index contributed by atoms with van der Waals surface area (Å²) in [5, 5.41) is 6.60. The first-order valence-corrected chi connectivity index (χ1v) is 11.6. The number of aliphatic imine (C=N–C) groups is 1. The van der Waals surface area contributed by atoms with Crippen molar-refractivity contribution in [2.75, 3.05) is 52.4 Å². The molecule has 1 aromatic rings. The van der Waals surface area contributed by atoms with Crippen molar-refractivity contribution in [1.29, 1.82) is 0 Å². The second kappa shape index (κ2) is 12.4. The maximum Gasteiger partial charge on any atom is 0.191 e.